The monoisotopic (exact) mass is 370 g/mol. The second-order valence-corrected chi connectivity index (χ2v) is 9.43. The quantitative estimate of drug-likeness (QED) is 0.780. The van der Waals surface area contributed by atoms with Crippen molar-refractivity contribution in [2.24, 2.45) is 5.92 Å². The smallest absolute Gasteiger partial charge is 0.245 e. The maximum atomic E-state index is 12.6. The van der Waals surface area contributed by atoms with E-state index in [2.05, 4.69) is 12.2 Å². The van der Waals surface area contributed by atoms with Crippen molar-refractivity contribution in [3.63, 3.8) is 0 Å². The average molecular weight is 371 g/mol. The molecule has 2 heterocycles. The minimum absolute atomic E-state index is 0.140. The molecule has 2 rings (SSSR count). The molecule has 1 N–H and O–H groups in total. The van der Waals surface area contributed by atoms with Crippen LogP contribution in [0.3, 0.4) is 0 Å². The number of sulfonamides is 1. The zero-order valence-electron chi connectivity index (χ0n) is 11.9. The molecule has 0 spiro atoms. The Hall–Kier alpha value is 0.150. The molecular formula is C13H20Cl2N2O2S2. The molecule has 0 amide bonds. The largest absolute Gasteiger partial charge is 0.316 e. The fourth-order valence-corrected chi connectivity index (χ4v) is 6.06. The molecule has 0 atom stereocenters. The Morgan fingerprint density at radius 3 is 2.57 bits per heavy atom. The van der Waals surface area contributed by atoms with E-state index < -0.39 is 10.0 Å². The van der Waals surface area contributed by atoms with E-state index >= 15 is 0 Å². The van der Waals surface area contributed by atoms with Crippen LogP contribution in [-0.2, 0) is 10.0 Å². The molecular weight excluding hydrogens is 351 g/mol. The summed E-state index contributed by atoms with van der Waals surface area (Å²) in [5.41, 5.74) is 0. The topological polar surface area (TPSA) is 49.4 Å². The van der Waals surface area contributed by atoms with E-state index in [1.165, 1.54) is 10.4 Å². The normalized spacial score (nSPS) is 18.2. The molecule has 0 aliphatic carbocycles. The maximum Gasteiger partial charge on any atom is 0.245 e. The number of halogens is 2. The standard InChI is InChI=1S/C13H20Cl2N2O2S2/c1-2-5-16-9-10-3-6-17(7-4-10)21(18,19)11-8-12(14)20-13(11)15/h8,10,16H,2-7,9H2,1H3. The van der Waals surface area contributed by atoms with Crippen LogP contribution in [0.5, 0.6) is 0 Å². The summed E-state index contributed by atoms with van der Waals surface area (Å²) in [5.74, 6) is 0.546. The molecule has 0 aromatic carbocycles. The first-order valence-electron chi connectivity index (χ1n) is 7.11. The summed E-state index contributed by atoms with van der Waals surface area (Å²) in [6, 6.07) is 1.44. The van der Waals surface area contributed by atoms with Crippen LogP contribution in [0.1, 0.15) is 26.2 Å². The maximum absolute atomic E-state index is 12.6. The number of hydrogen-bond acceptors (Lipinski definition) is 4. The highest BCUT2D eigenvalue weighted by atomic mass is 35.5. The van der Waals surface area contributed by atoms with E-state index in [0.717, 1.165) is 43.7 Å². The van der Waals surface area contributed by atoms with E-state index in [1.807, 2.05) is 0 Å². The number of thiophene rings is 1. The first kappa shape index (κ1) is 17.5. The predicted octanol–water partition coefficient (Wildman–Crippen LogP) is 3.46. The van der Waals surface area contributed by atoms with Crippen LogP contribution in [0.2, 0.25) is 8.67 Å². The Morgan fingerprint density at radius 2 is 2.05 bits per heavy atom. The van der Waals surface area contributed by atoms with Crippen LogP contribution in [0.25, 0.3) is 0 Å². The predicted molar refractivity (Wildman–Crippen MR) is 89.0 cm³/mol. The van der Waals surface area contributed by atoms with Gasteiger partial charge in [-0.05, 0) is 44.3 Å². The lowest BCUT2D eigenvalue weighted by Gasteiger charge is -2.31. The van der Waals surface area contributed by atoms with Crippen LogP contribution < -0.4 is 5.32 Å². The van der Waals surface area contributed by atoms with Gasteiger partial charge in [0.25, 0.3) is 0 Å². The lowest BCUT2D eigenvalue weighted by molar-refractivity contribution is 0.268. The molecule has 0 radical (unpaired) electrons. The van der Waals surface area contributed by atoms with E-state index in [4.69, 9.17) is 23.2 Å². The Labute approximate surface area is 140 Å². The zero-order chi connectivity index (χ0) is 15.5. The lowest BCUT2D eigenvalue weighted by atomic mass is 9.98. The van der Waals surface area contributed by atoms with Crippen molar-refractivity contribution < 1.29 is 8.42 Å². The van der Waals surface area contributed by atoms with Gasteiger partial charge in [-0.2, -0.15) is 4.31 Å². The summed E-state index contributed by atoms with van der Waals surface area (Å²) in [6.45, 7) is 5.21. The first-order chi connectivity index (χ1) is 9.95. The lowest BCUT2D eigenvalue weighted by Crippen LogP contribution is -2.40. The van der Waals surface area contributed by atoms with E-state index in [-0.39, 0.29) is 9.23 Å². The highest BCUT2D eigenvalue weighted by Gasteiger charge is 2.31. The number of piperidine rings is 1. The van der Waals surface area contributed by atoms with Gasteiger partial charge in [-0.25, -0.2) is 8.42 Å². The summed E-state index contributed by atoms with van der Waals surface area (Å²) in [4.78, 5) is 0.140. The molecule has 1 aliphatic rings. The van der Waals surface area contributed by atoms with Crippen LogP contribution in [0.4, 0.5) is 0 Å². The van der Waals surface area contributed by atoms with Crippen molar-refractivity contribution in [3.8, 4) is 0 Å². The van der Waals surface area contributed by atoms with Gasteiger partial charge < -0.3 is 5.32 Å². The van der Waals surface area contributed by atoms with E-state index in [1.54, 1.807) is 0 Å². The molecule has 0 saturated carbocycles. The second kappa shape index (κ2) is 7.62. The van der Waals surface area contributed by atoms with Crippen LogP contribution in [0.15, 0.2) is 11.0 Å². The van der Waals surface area contributed by atoms with Crippen molar-refractivity contribution in [1.82, 2.24) is 9.62 Å². The van der Waals surface area contributed by atoms with Crippen LogP contribution >= 0.6 is 34.5 Å². The summed E-state index contributed by atoms with van der Waals surface area (Å²) in [6.07, 6.45) is 2.88. The van der Waals surface area contributed by atoms with Gasteiger partial charge in [0, 0.05) is 13.1 Å². The van der Waals surface area contributed by atoms with Crippen LogP contribution in [0, 0.1) is 5.92 Å². The van der Waals surface area contributed by atoms with Gasteiger partial charge in [0.05, 0.1) is 4.34 Å². The molecule has 1 fully saturated rings. The third kappa shape index (κ3) is 4.33. The number of hydrogen-bond donors (Lipinski definition) is 1. The Kier molecular flexibility index (Phi) is 6.35. The van der Waals surface area contributed by atoms with Gasteiger partial charge in [-0.3, -0.25) is 0 Å². The highest BCUT2D eigenvalue weighted by Crippen LogP contribution is 2.36. The number of nitrogens with one attached hydrogen (secondary N) is 1. The van der Waals surface area contributed by atoms with E-state index in [9.17, 15) is 8.42 Å². The molecule has 4 nitrogen and oxygen atoms in total. The fraction of sp³-hybridized carbons (Fsp3) is 0.692. The second-order valence-electron chi connectivity index (χ2n) is 5.24. The summed E-state index contributed by atoms with van der Waals surface area (Å²) in [5, 5.41) is 3.40. The van der Waals surface area contributed by atoms with Gasteiger partial charge in [0.15, 0.2) is 0 Å². The first-order valence-corrected chi connectivity index (χ1v) is 10.1. The molecule has 21 heavy (non-hydrogen) atoms. The third-order valence-corrected chi connectivity index (χ3v) is 7.33. The van der Waals surface area contributed by atoms with Crippen molar-refractivity contribution in [2.75, 3.05) is 26.2 Å². The Balaban J connectivity index is 1.96. The molecule has 1 aromatic rings. The van der Waals surface area contributed by atoms with Crippen molar-refractivity contribution in [2.45, 2.75) is 31.1 Å². The minimum Gasteiger partial charge on any atom is -0.316 e. The van der Waals surface area contributed by atoms with Crippen molar-refractivity contribution in [3.05, 3.63) is 14.7 Å². The fourth-order valence-electron chi connectivity index (χ4n) is 2.48. The molecule has 1 aromatic heterocycles. The van der Waals surface area contributed by atoms with Crippen molar-refractivity contribution >= 4 is 44.6 Å². The summed E-state index contributed by atoms with van der Waals surface area (Å²) in [7, 11) is -3.51. The molecule has 1 saturated heterocycles. The van der Waals surface area contributed by atoms with Crippen LogP contribution in [-0.4, -0.2) is 38.9 Å². The van der Waals surface area contributed by atoms with Gasteiger partial charge in [-0.1, -0.05) is 30.1 Å². The van der Waals surface area contributed by atoms with Gasteiger partial charge in [-0.15, -0.1) is 11.3 Å². The summed E-state index contributed by atoms with van der Waals surface area (Å²) >= 11 is 12.9. The van der Waals surface area contributed by atoms with E-state index in [0.29, 0.717) is 23.3 Å². The average Bonchev–Trinajstić information content (AvgIpc) is 2.79. The minimum atomic E-state index is -3.51. The molecule has 0 bridgehead atoms. The number of rotatable bonds is 6. The highest BCUT2D eigenvalue weighted by molar-refractivity contribution is 7.89. The molecule has 8 heteroatoms. The third-order valence-electron chi connectivity index (χ3n) is 3.68. The number of nitrogens with zero attached hydrogens (tertiary/aromatic N) is 1. The molecule has 1 aliphatic heterocycles. The Bertz CT molecular complexity index is 567. The Morgan fingerprint density at radius 1 is 1.38 bits per heavy atom. The van der Waals surface area contributed by atoms with Crippen molar-refractivity contribution in [1.29, 1.82) is 0 Å². The van der Waals surface area contributed by atoms with Gasteiger partial charge in [0.1, 0.15) is 9.23 Å². The SMILES string of the molecule is CCCNCC1CCN(S(=O)(=O)c2cc(Cl)sc2Cl)CC1. The molecule has 0 unspecified atom stereocenters. The molecule has 120 valence electrons. The zero-order valence-corrected chi connectivity index (χ0v) is 15.1. The summed E-state index contributed by atoms with van der Waals surface area (Å²) < 4.78 is 27.3. The van der Waals surface area contributed by atoms with Gasteiger partial charge >= 0.3 is 0 Å². The van der Waals surface area contributed by atoms with Gasteiger partial charge in [0.2, 0.25) is 10.0 Å².